The molecule has 0 atom stereocenters. The van der Waals surface area contributed by atoms with Gasteiger partial charge in [-0.15, -0.1) is 0 Å². The summed E-state index contributed by atoms with van der Waals surface area (Å²) in [7, 11) is 0. The second-order valence-electron chi connectivity index (χ2n) is 3.89. The zero-order chi connectivity index (χ0) is 8.91. The highest BCUT2D eigenvalue weighted by atomic mass is 14.7. The first-order chi connectivity index (χ1) is 5.06. The van der Waals surface area contributed by atoms with Crippen molar-refractivity contribution in [2.75, 3.05) is 0 Å². The standard InChI is InChI=1S/C10H23N/c1-5-7-10(11,8-6-2)9(3)4/h9H,5-8,11H2,1-4H3. The van der Waals surface area contributed by atoms with E-state index in [1.165, 1.54) is 25.7 Å². The maximum atomic E-state index is 6.26. The van der Waals surface area contributed by atoms with Gasteiger partial charge in [-0.05, 0) is 18.8 Å². The van der Waals surface area contributed by atoms with E-state index >= 15 is 0 Å². The minimum atomic E-state index is 0.101. The van der Waals surface area contributed by atoms with E-state index in [0.29, 0.717) is 5.92 Å². The van der Waals surface area contributed by atoms with E-state index in [1.54, 1.807) is 0 Å². The van der Waals surface area contributed by atoms with Crippen LogP contribution in [0.1, 0.15) is 53.4 Å². The molecule has 0 fully saturated rings. The molecule has 1 heteroatoms. The molecule has 0 aliphatic carbocycles. The van der Waals surface area contributed by atoms with Crippen molar-refractivity contribution >= 4 is 0 Å². The molecular formula is C10H23N. The molecule has 0 aromatic carbocycles. The Bertz CT molecular complexity index is 91.0. The Labute approximate surface area is 71.4 Å². The van der Waals surface area contributed by atoms with Gasteiger partial charge in [0.15, 0.2) is 0 Å². The van der Waals surface area contributed by atoms with Gasteiger partial charge in [-0.25, -0.2) is 0 Å². The summed E-state index contributed by atoms with van der Waals surface area (Å²) < 4.78 is 0. The smallest absolute Gasteiger partial charge is 0.0177 e. The number of nitrogens with two attached hydrogens (primary N) is 1. The first-order valence-electron chi connectivity index (χ1n) is 4.85. The minimum Gasteiger partial charge on any atom is -0.325 e. The van der Waals surface area contributed by atoms with Crippen molar-refractivity contribution in [2.24, 2.45) is 11.7 Å². The van der Waals surface area contributed by atoms with Crippen LogP contribution in [0.4, 0.5) is 0 Å². The van der Waals surface area contributed by atoms with Crippen LogP contribution in [0, 0.1) is 5.92 Å². The molecule has 0 aromatic rings. The van der Waals surface area contributed by atoms with Crippen LogP contribution in [-0.2, 0) is 0 Å². The first kappa shape index (κ1) is 11.0. The molecule has 11 heavy (non-hydrogen) atoms. The van der Waals surface area contributed by atoms with Crippen LogP contribution < -0.4 is 5.73 Å². The molecule has 0 rings (SSSR count). The van der Waals surface area contributed by atoms with Gasteiger partial charge in [0.1, 0.15) is 0 Å². The van der Waals surface area contributed by atoms with E-state index in [-0.39, 0.29) is 5.54 Å². The lowest BCUT2D eigenvalue weighted by atomic mass is 9.80. The average molecular weight is 157 g/mol. The first-order valence-corrected chi connectivity index (χ1v) is 4.85. The van der Waals surface area contributed by atoms with Gasteiger partial charge in [0.05, 0.1) is 0 Å². The molecule has 68 valence electrons. The van der Waals surface area contributed by atoms with Gasteiger partial charge in [-0.1, -0.05) is 40.5 Å². The molecule has 2 N–H and O–H groups in total. The molecule has 0 bridgehead atoms. The van der Waals surface area contributed by atoms with Crippen molar-refractivity contribution in [3.05, 3.63) is 0 Å². The van der Waals surface area contributed by atoms with Crippen molar-refractivity contribution in [3.63, 3.8) is 0 Å². The van der Waals surface area contributed by atoms with Crippen molar-refractivity contribution in [1.29, 1.82) is 0 Å². The van der Waals surface area contributed by atoms with E-state index in [1.807, 2.05) is 0 Å². The van der Waals surface area contributed by atoms with Crippen LogP contribution in [0.25, 0.3) is 0 Å². The third-order valence-electron chi connectivity index (χ3n) is 2.58. The van der Waals surface area contributed by atoms with E-state index < -0.39 is 0 Å². The second-order valence-corrected chi connectivity index (χ2v) is 3.89. The molecule has 0 aliphatic heterocycles. The largest absolute Gasteiger partial charge is 0.325 e. The number of hydrogen-bond acceptors (Lipinski definition) is 1. The lowest BCUT2D eigenvalue weighted by Crippen LogP contribution is -2.44. The summed E-state index contributed by atoms with van der Waals surface area (Å²) in [5, 5.41) is 0. The van der Waals surface area contributed by atoms with E-state index in [9.17, 15) is 0 Å². The highest BCUT2D eigenvalue weighted by Crippen LogP contribution is 2.24. The fourth-order valence-corrected chi connectivity index (χ4v) is 1.63. The third-order valence-corrected chi connectivity index (χ3v) is 2.58. The predicted octanol–water partition coefficient (Wildman–Crippen LogP) is 2.94. The maximum Gasteiger partial charge on any atom is 0.0177 e. The lowest BCUT2D eigenvalue weighted by molar-refractivity contribution is 0.263. The topological polar surface area (TPSA) is 26.0 Å². The quantitative estimate of drug-likeness (QED) is 0.652. The van der Waals surface area contributed by atoms with Crippen LogP contribution in [0.5, 0.6) is 0 Å². The fraction of sp³-hybridized carbons (Fsp3) is 1.00. The van der Waals surface area contributed by atoms with Crippen LogP contribution in [0.3, 0.4) is 0 Å². The zero-order valence-electron chi connectivity index (χ0n) is 8.48. The lowest BCUT2D eigenvalue weighted by Gasteiger charge is -2.33. The van der Waals surface area contributed by atoms with Crippen LogP contribution in [0.2, 0.25) is 0 Å². The summed E-state index contributed by atoms with van der Waals surface area (Å²) in [6, 6.07) is 0. The fourth-order valence-electron chi connectivity index (χ4n) is 1.63. The average Bonchev–Trinajstić information content (AvgIpc) is 1.88. The molecule has 0 heterocycles. The number of hydrogen-bond donors (Lipinski definition) is 1. The predicted molar refractivity (Wildman–Crippen MR) is 51.6 cm³/mol. The Morgan fingerprint density at radius 3 is 1.64 bits per heavy atom. The van der Waals surface area contributed by atoms with Gasteiger partial charge in [-0.2, -0.15) is 0 Å². The summed E-state index contributed by atoms with van der Waals surface area (Å²) in [4.78, 5) is 0. The summed E-state index contributed by atoms with van der Waals surface area (Å²) in [6.07, 6.45) is 4.74. The molecular weight excluding hydrogens is 134 g/mol. The molecule has 1 nitrogen and oxygen atoms in total. The minimum absolute atomic E-state index is 0.101. The second kappa shape index (κ2) is 4.76. The SMILES string of the molecule is CCCC(N)(CCC)C(C)C. The maximum absolute atomic E-state index is 6.26. The summed E-state index contributed by atoms with van der Waals surface area (Å²) in [5.41, 5.74) is 6.36. The summed E-state index contributed by atoms with van der Waals surface area (Å²) >= 11 is 0. The molecule has 0 saturated heterocycles. The Hall–Kier alpha value is -0.0400. The van der Waals surface area contributed by atoms with Gasteiger partial charge < -0.3 is 5.73 Å². The van der Waals surface area contributed by atoms with E-state index in [4.69, 9.17) is 5.73 Å². The van der Waals surface area contributed by atoms with Crippen molar-refractivity contribution in [2.45, 2.75) is 58.9 Å². The van der Waals surface area contributed by atoms with Gasteiger partial charge in [0, 0.05) is 5.54 Å². The highest BCUT2D eigenvalue weighted by Gasteiger charge is 2.26. The number of rotatable bonds is 5. The highest BCUT2D eigenvalue weighted by molar-refractivity contribution is 4.86. The van der Waals surface area contributed by atoms with E-state index in [0.717, 1.165) is 0 Å². The summed E-state index contributed by atoms with van der Waals surface area (Å²) in [5.74, 6) is 0.613. The third kappa shape index (κ3) is 3.24. The van der Waals surface area contributed by atoms with Gasteiger partial charge >= 0.3 is 0 Å². The zero-order valence-corrected chi connectivity index (χ0v) is 8.48. The molecule has 0 saturated carbocycles. The molecule has 0 aromatic heterocycles. The monoisotopic (exact) mass is 157 g/mol. The van der Waals surface area contributed by atoms with E-state index in [2.05, 4.69) is 27.7 Å². The van der Waals surface area contributed by atoms with Gasteiger partial charge in [0.25, 0.3) is 0 Å². The Balaban J connectivity index is 4.01. The molecule has 0 unspecified atom stereocenters. The Morgan fingerprint density at radius 1 is 1.09 bits per heavy atom. The summed E-state index contributed by atoms with van der Waals surface area (Å²) in [6.45, 7) is 8.87. The molecule has 0 spiro atoms. The Kier molecular flexibility index (Phi) is 4.74. The van der Waals surface area contributed by atoms with Crippen molar-refractivity contribution < 1.29 is 0 Å². The molecule has 0 aliphatic rings. The van der Waals surface area contributed by atoms with Gasteiger partial charge in [-0.3, -0.25) is 0 Å². The molecule has 0 amide bonds. The van der Waals surface area contributed by atoms with Crippen molar-refractivity contribution in [3.8, 4) is 0 Å². The normalized spacial score (nSPS) is 12.5. The van der Waals surface area contributed by atoms with Crippen LogP contribution >= 0.6 is 0 Å². The van der Waals surface area contributed by atoms with Crippen LogP contribution in [-0.4, -0.2) is 5.54 Å². The Morgan fingerprint density at radius 2 is 1.45 bits per heavy atom. The van der Waals surface area contributed by atoms with Gasteiger partial charge in [0.2, 0.25) is 0 Å². The van der Waals surface area contributed by atoms with Crippen LogP contribution in [0.15, 0.2) is 0 Å². The van der Waals surface area contributed by atoms with Crippen molar-refractivity contribution in [1.82, 2.24) is 0 Å². The molecule has 0 radical (unpaired) electrons.